The lowest BCUT2D eigenvalue weighted by Gasteiger charge is -2.37. The predicted octanol–water partition coefficient (Wildman–Crippen LogP) is 2.90. The molecule has 0 aliphatic carbocycles. The summed E-state index contributed by atoms with van der Waals surface area (Å²) in [4.78, 5) is 0. The summed E-state index contributed by atoms with van der Waals surface area (Å²) in [7, 11) is 0. The van der Waals surface area contributed by atoms with Gasteiger partial charge in [-0.1, -0.05) is 26.0 Å². The van der Waals surface area contributed by atoms with Gasteiger partial charge in [-0.3, -0.25) is 0 Å². The van der Waals surface area contributed by atoms with E-state index in [9.17, 15) is 4.39 Å². The number of rotatable bonds is 2. The van der Waals surface area contributed by atoms with Crippen LogP contribution in [0.1, 0.15) is 32.4 Å². The van der Waals surface area contributed by atoms with Gasteiger partial charge >= 0.3 is 0 Å². The van der Waals surface area contributed by atoms with Crippen LogP contribution >= 0.6 is 0 Å². The van der Waals surface area contributed by atoms with Gasteiger partial charge in [0.05, 0.1) is 12.7 Å². The van der Waals surface area contributed by atoms with Crippen LogP contribution in [-0.4, -0.2) is 18.7 Å². The maximum absolute atomic E-state index is 12.9. The van der Waals surface area contributed by atoms with Gasteiger partial charge in [0.15, 0.2) is 0 Å². The SMILES string of the molecule is CC(C)C1COC(c2ccc(F)cc2)C(C)N1. The lowest BCUT2D eigenvalue weighted by molar-refractivity contribution is -0.0339. The van der Waals surface area contributed by atoms with Crippen molar-refractivity contribution in [2.24, 2.45) is 5.92 Å². The topological polar surface area (TPSA) is 21.3 Å². The normalized spacial score (nSPS) is 29.6. The van der Waals surface area contributed by atoms with Crippen molar-refractivity contribution in [3.63, 3.8) is 0 Å². The lowest BCUT2D eigenvalue weighted by Crippen LogP contribution is -2.51. The number of hydrogen-bond acceptors (Lipinski definition) is 2. The summed E-state index contributed by atoms with van der Waals surface area (Å²) in [5.41, 5.74) is 1.04. The first kappa shape index (κ1) is 12.5. The number of ether oxygens (including phenoxy) is 1. The highest BCUT2D eigenvalue weighted by Gasteiger charge is 2.29. The number of halogens is 1. The number of morpholine rings is 1. The van der Waals surface area contributed by atoms with Crippen LogP contribution in [0, 0.1) is 11.7 Å². The van der Waals surface area contributed by atoms with E-state index in [1.165, 1.54) is 12.1 Å². The Morgan fingerprint density at radius 1 is 1.29 bits per heavy atom. The zero-order valence-corrected chi connectivity index (χ0v) is 10.6. The summed E-state index contributed by atoms with van der Waals surface area (Å²) < 4.78 is 18.8. The van der Waals surface area contributed by atoms with Crippen molar-refractivity contribution in [3.8, 4) is 0 Å². The molecule has 0 spiro atoms. The van der Waals surface area contributed by atoms with Crippen molar-refractivity contribution < 1.29 is 9.13 Å². The summed E-state index contributed by atoms with van der Waals surface area (Å²) >= 11 is 0. The summed E-state index contributed by atoms with van der Waals surface area (Å²) in [5, 5.41) is 3.56. The molecule has 1 aliphatic rings. The third-order valence-corrected chi connectivity index (χ3v) is 3.39. The largest absolute Gasteiger partial charge is 0.370 e. The summed E-state index contributed by atoms with van der Waals surface area (Å²) in [6.45, 7) is 7.20. The fraction of sp³-hybridized carbons (Fsp3) is 0.571. The van der Waals surface area contributed by atoms with Crippen LogP contribution in [-0.2, 0) is 4.74 Å². The molecule has 0 bridgehead atoms. The molecule has 1 aromatic carbocycles. The molecule has 0 saturated carbocycles. The van der Waals surface area contributed by atoms with Crippen LogP contribution in [0.25, 0.3) is 0 Å². The highest BCUT2D eigenvalue weighted by atomic mass is 19.1. The molecule has 3 atom stereocenters. The smallest absolute Gasteiger partial charge is 0.123 e. The molecule has 3 heteroatoms. The Morgan fingerprint density at radius 2 is 1.94 bits per heavy atom. The number of benzene rings is 1. The standard InChI is InChI=1S/C14H20FNO/c1-9(2)13-8-17-14(10(3)16-13)11-4-6-12(15)7-5-11/h4-7,9-10,13-14,16H,8H2,1-3H3. The van der Waals surface area contributed by atoms with E-state index in [0.717, 1.165) is 5.56 Å². The molecule has 2 nitrogen and oxygen atoms in total. The second kappa shape index (κ2) is 5.15. The van der Waals surface area contributed by atoms with Crippen LogP contribution in [0.4, 0.5) is 4.39 Å². The van der Waals surface area contributed by atoms with Gasteiger partial charge in [0, 0.05) is 12.1 Å². The van der Waals surface area contributed by atoms with Gasteiger partial charge in [-0.25, -0.2) is 4.39 Å². The van der Waals surface area contributed by atoms with Crippen molar-refractivity contribution in [2.45, 2.75) is 39.0 Å². The minimum atomic E-state index is -0.203. The van der Waals surface area contributed by atoms with E-state index in [0.29, 0.717) is 18.6 Å². The molecular weight excluding hydrogens is 217 g/mol. The molecule has 0 radical (unpaired) electrons. The summed E-state index contributed by atoms with van der Waals surface area (Å²) in [6.07, 6.45) is 0.0191. The van der Waals surface area contributed by atoms with E-state index < -0.39 is 0 Å². The molecule has 3 unspecified atom stereocenters. The molecule has 1 N–H and O–H groups in total. The molecule has 1 aromatic rings. The fourth-order valence-electron chi connectivity index (χ4n) is 2.25. The molecule has 0 aromatic heterocycles. The zero-order valence-electron chi connectivity index (χ0n) is 10.6. The van der Waals surface area contributed by atoms with Crippen molar-refractivity contribution in [1.29, 1.82) is 0 Å². The van der Waals surface area contributed by atoms with Crippen LogP contribution in [0.15, 0.2) is 24.3 Å². The Hall–Kier alpha value is -0.930. The van der Waals surface area contributed by atoms with Crippen molar-refractivity contribution in [1.82, 2.24) is 5.32 Å². The van der Waals surface area contributed by atoms with E-state index in [1.807, 2.05) is 0 Å². The Labute approximate surface area is 102 Å². The molecule has 1 heterocycles. The van der Waals surface area contributed by atoms with Gasteiger partial charge in [0.1, 0.15) is 5.82 Å². The maximum atomic E-state index is 12.9. The minimum absolute atomic E-state index is 0.0191. The van der Waals surface area contributed by atoms with Crippen molar-refractivity contribution in [3.05, 3.63) is 35.6 Å². The van der Waals surface area contributed by atoms with Crippen LogP contribution in [0.3, 0.4) is 0 Å². The second-order valence-electron chi connectivity index (χ2n) is 5.11. The first-order chi connectivity index (χ1) is 8.08. The highest BCUT2D eigenvalue weighted by Crippen LogP contribution is 2.26. The molecule has 94 valence electrons. The lowest BCUT2D eigenvalue weighted by atomic mass is 9.96. The minimum Gasteiger partial charge on any atom is -0.370 e. The number of hydrogen-bond donors (Lipinski definition) is 1. The third kappa shape index (κ3) is 2.85. The summed E-state index contributed by atoms with van der Waals surface area (Å²) in [5.74, 6) is 0.358. The molecule has 1 fully saturated rings. The Morgan fingerprint density at radius 3 is 2.47 bits per heavy atom. The Balaban J connectivity index is 2.06. The Bertz CT molecular complexity index is 363. The van der Waals surface area contributed by atoms with Crippen molar-refractivity contribution >= 4 is 0 Å². The van der Waals surface area contributed by atoms with Gasteiger partial charge in [-0.15, -0.1) is 0 Å². The average Bonchev–Trinajstić information content (AvgIpc) is 2.30. The predicted molar refractivity (Wildman–Crippen MR) is 66.3 cm³/mol. The van der Waals surface area contributed by atoms with Crippen LogP contribution < -0.4 is 5.32 Å². The summed E-state index contributed by atoms with van der Waals surface area (Å²) in [6, 6.07) is 7.23. The van der Waals surface area contributed by atoms with E-state index >= 15 is 0 Å². The van der Waals surface area contributed by atoms with E-state index in [-0.39, 0.29) is 18.0 Å². The molecule has 17 heavy (non-hydrogen) atoms. The third-order valence-electron chi connectivity index (χ3n) is 3.39. The van der Waals surface area contributed by atoms with Crippen LogP contribution in [0.2, 0.25) is 0 Å². The van der Waals surface area contributed by atoms with Gasteiger partial charge in [0.2, 0.25) is 0 Å². The van der Waals surface area contributed by atoms with E-state index in [2.05, 4.69) is 26.1 Å². The van der Waals surface area contributed by atoms with Gasteiger partial charge in [-0.2, -0.15) is 0 Å². The molecule has 1 aliphatic heterocycles. The second-order valence-corrected chi connectivity index (χ2v) is 5.11. The van der Waals surface area contributed by atoms with Gasteiger partial charge in [-0.05, 0) is 30.5 Å². The highest BCUT2D eigenvalue weighted by molar-refractivity contribution is 5.20. The maximum Gasteiger partial charge on any atom is 0.123 e. The quantitative estimate of drug-likeness (QED) is 0.854. The molecule has 0 amide bonds. The first-order valence-corrected chi connectivity index (χ1v) is 6.21. The van der Waals surface area contributed by atoms with Crippen LogP contribution in [0.5, 0.6) is 0 Å². The Kier molecular flexibility index (Phi) is 3.79. The van der Waals surface area contributed by atoms with E-state index in [4.69, 9.17) is 4.74 Å². The average molecular weight is 237 g/mol. The van der Waals surface area contributed by atoms with E-state index in [1.54, 1.807) is 12.1 Å². The van der Waals surface area contributed by atoms with Gasteiger partial charge in [0.25, 0.3) is 0 Å². The molecular formula is C14H20FNO. The first-order valence-electron chi connectivity index (χ1n) is 6.21. The molecule has 1 saturated heterocycles. The monoisotopic (exact) mass is 237 g/mol. The van der Waals surface area contributed by atoms with Gasteiger partial charge < -0.3 is 10.1 Å². The molecule has 2 rings (SSSR count). The number of nitrogens with one attached hydrogen (secondary N) is 1. The fourth-order valence-corrected chi connectivity index (χ4v) is 2.25. The van der Waals surface area contributed by atoms with Crippen molar-refractivity contribution in [2.75, 3.05) is 6.61 Å². The zero-order chi connectivity index (χ0) is 12.4.